The molecule has 0 spiro atoms. The quantitative estimate of drug-likeness (QED) is 0.873. The van der Waals surface area contributed by atoms with E-state index in [0.29, 0.717) is 16.0 Å². The normalized spacial score (nSPS) is 11.8. The van der Waals surface area contributed by atoms with Gasteiger partial charge in [-0.2, -0.15) is 0 Å². The predicted molar refractivity (Wildman–Crippen MR) is 62.9 cm³/mol. The average Bonchev–Trinajstić information content (AvgIpc) is 2.11. The molecule has 1 aromatic carbocycles. The van der Waals surface area contributed by atoms with Gasteiger partial charge in [-0.15, -0.1) is 0 Å². The van der Waals surface area contributed by atoms with Crippen LogP contribution in [0.5, 0.6) is 5.75 Å². The summed E-state index contributed by atoms with van der Waals surface area (Å²) in [4.78, 5) is 0. The van der Waals surface area contributed by atoms with Gasteiger partial charge in [0.25, 0.3) is 0 Å². The van der Waals surface area contributed by atoms with E-state index in [-0.39, 0.29) is 11.2 Å². The number of nitrogens with two attached hydrogens (primary N) is 1. The molecule has 0 aliphatic carbocycles. The first-order valence-electron chi connectivity index (χ1n) is 4.27. The lowest BCUT2D eigenvalue weighted by Gasteiger charge is -2.24. The van der Waals surface area contributed by atoms with Crippen molar-refractivity contribution in [1.29, 1.82) is 0 Å². The van der Waals surface area contributed by atoms with Crippen LogP contribution in [-0.2, 0) is 5.41 Å². The molecule has 0 fully saturated rings. The van der Waals surface area contributed by atoms with Crippen LogP contribution in [0.1, 0.15) is 19.4 Å². The Morgan fingerprint density at radius 1 is 1.50 bits per heavy atom. The summed E-state index contributed by atoms with van der Waals surface area (Å²) in [5, 5.41) is 10.4. The molecule has 0 radical (unpaired) electrons. The van der Waals surface area contributed by atoms with Gasteiger partial charge in [0, 0.05) is 22.5 Å². The predicted octanol–water partition coefficient (Wildman–Crippen LogP) is 3.04. The van der Waals surface area contributed by atoms with Crippen LogP contribution in [0.25, 0.3) is 0 Å². The first-order chi connectivity index (χ1) is 6.38. The van der Waals surface area contributed by atoms with E-state index < -0.39 is 0 Å². The van der Waals surface area contributed by atoms with Gasteiger partial charge in [0.15, 0.2) is 0 Å². The molecule has 0 aromatic heterocycles. The summed E-state index contributed by atoms with van der Waals surface area (Å²) in [6.07, 6.45) is 0. The van der Waals surface area contributed by atoms with Gasteiger partial charge in [-0.05, 0) is 28.1 Å². The van der Waals surface area contributed by atoms with E-state index in [1.54, 1.807) is 12.1 Å². The second kappa shape index (κ2) is 4.09. The topological polar surface area (TPSA) is 46.2 Å². The van der Waals surface area contributed by atoms with Crippen molar-refractivity contribution in [2.24, 2.45) is 5.73 Å². The lowest BCUT2D eigenvalue weighted by molar-refractivity contribution is 0.435. The second-order valence-electron chi connectivity index (χ2n) is 3.87. The Hall–Kier alpha value is -0.250. The zero-order valence-corrected chi connectivity index (χ0v) is 10.5. The SMILES string of the molecule is CC(C)(CN)c1cc(Cl)cc(Br)c1O. The molecule has 0 bridgehead atoms. The summed E-state index contributed by atoms with van der Waals surface area (Å²) in [7, 11) is 0. The van der Waals surface area contributed by atoms with E-state index in [0.717, 1.165) is 5.56 Å². The monoisotopic (exact) mass is 277 g/mol. The number of hydrogen-bond acceptors (Lipinski definition) is 2. The third-order valence-electron chi connectivity index (χ3n) is 2.27. The molecule has 0 aliphatic heterocycles. The molecular weight excluding hydrogens is 265 g/mol. The molecule has 0 atom stereocenters. The summed E-state index contributed by atoms with van der Waals surface area (Å²) in [5.41, 5.74) is 6.12. The molecule has 1 aromatic rings. The van der Waals surface area contributed by atoms with Crippen molar-refractivity contribution in [1.82, 2.24) is 0 Å². The third-order valence-corrected chi connectivity index (χ3v) is 3.09. The Morgan fingerprint density at radius 3 is 2.57 bits per heavy atom. The van der Waals surface area contributed by atoms with Gasteiger partial charge in [0.05, 0.1) is 4.47 Å². The molecule has 0 unspecified atom stereocenters. The lowest BCUT2D eigenvalue weighted by Crippen LogP contribution is -2.28. The minimum atomic E-state index is -0.280. The number of phenols is 1. The van der Waals surface area contributed by atoms with Crippen molar-refractivity contribution in [3.63, 3.8) is 0 Å². The van der Waals surface area contributed by atoms with Crippen LogP contribution in [-0.4, -0.2) is 11.7 Å². The highest BCUT2D eigenvalue weighted by Crippen LogP contribution is 2.38. The number of hydrogen-bond donors (Lipinski definition) is 2. The van der Waals surface area contributed by atoms with Crippen molar-refractivity contribution < 1.29 is 5.11 Å². The molecule has 0 heterocycles. The van der Waals surface area contributed by atoms with Crippen molar-refractivity contribution in [3.8, 4) is 5.75 Å². The van der Waals surface area contributed by atoms with Gasteiger partial charge >= 0.3 is 0 Å². The number of aromatic hydroxyl groups is 1. The zero-order valence-electron chi connectivity index (χ0n) is 8.14. The average molecular weight is 279 g/mol. The molecule has 0 saturated carbocycles. The van der Waals surface area contributed by atoms with Gasteiger partial charge < -0.3 is 10.8 Å². The standard InChI is InChI=1S/C10H13BrClNO/c1-10(2,5-13)7-3-6(12)4-8(11)9(7)14/h3-4,14H,5,13H2,1-2H3. The van der Waals surface area contributed by atoms with E-state index in [2.05, 4.69) is 15.9 Å². The van der Waals surface area contributed by atoms with E-state index >= 15 is 0 Å². The molecular formula is C10H13BrClNO. The van der Waals surface area contributed by atoms with Gasteiger partial charge in [-0.25, -0.2) is 0 Å². The first-order valence-corrected chi connectivity index (χ1v) is 5.44. The van der Waals surface area contributed by atoms with E-state index in [1.807, 2.05) is 13.8 Å². The Bertz CT molecular complexity index is 352. The summed E-state index contributed by atoms with van der Waals surface area (Å²) in [6.45, 7) is 4.38. The molecule has 4 heteroatoms. The van der Waals surface area contributed by atoms with Crippen LogP contribution >= 0.6 is 27.5 Å². The summed E-state index contributed by atoms with van der Waals surface area (Å²) < 4.78 is 0.599. The molecule has 0 saturated heterocycles. The number of halogens is 2. The highest BCUT2D eigenvalue weighted by molar-refractivity contribution is 9.10. The number of benzene rings is 1. The highest BCUT2D eigenvalue weighted by Gasteiger charge is 2.23. The van der Waals surface area contributed by atoms with Gasteiger partial charge in [0.2, 0.25) is 0 Å². The Labute approximate surface area is 97.2 Å². The maximum Gasteiger partial charge on any atom is 0.133 e. The van der Waals surface area contributed by atoms with Crippen molar-refractivity contribution in [2.45, 2.75) is 19.3 Å². The molecule has 0 aliphatic rings. The minimum absolute atomic E-state index is 0.213. The molecule has 0 amide bonds. The van der Waals surface area contributed by atoms with Crippen LogP contribution in [0.2, 0.25) is 5.02 Å². The van der Waals surface area contributed by atoms with Crippen LogP contribution in [0.4, 0.5) is 0 Å². The van der Waals surface area contributed by atoms with Gasteiger partial charge in [-0.3, -0.25) is 0 Å². The van der Waals surface area contributed by atoms with Gasteiger partial charge in [0.1, 0.15) is 5.75 Å². The largest absolute Gasteiger partial charge is 0.506 e. The molecule has 1 rings (SSSR count). The number of rotatable bonds is 2. The van der Waals surface area contributed by atoms with Crippen molar-refractivity contribution in [2.75, 3.05) is 6.54 Å². The fourth-order valence-corrected chi connectivity index (χ4v) is 2.00. The van der Waals surface area contributed by atoms with Crippen molar-refractivity contribution >= 4 is 27.5 Å². The molecule has 2 nitrogen and oxygen atoms in total. The Balaban J connectivity index is 3.34. The van der Waals surface area contributed by atoms with E-state index in [9.17, 15) is 5.11 Å². The number of phenolic OH excluding ortho intramolecular Hbond substituents is 1. The van der Waals surface area contributed by atoms with Crippen LogP contribution in [0.3, 0.4) is 0 Å². The van der Waals surface area contributed by atoms with E-state index in [4.69, 9.17) is 17.3 Å². The first kappa shape index (κ1) is 11.8. The van der Waals surface area contributed by atoms with Crippen LogP contribution < -0.4 is 5.73 Å². The minimum Gasteiger partial charge on any atom is -0.506 e. The Morgan fingerprint density at radius 2 is 2.07 bits per heavy atom. The summed E-state index contributed by atoms with van der Waals surface area (Å²) >= 11 is 9.15. The van der Waals surface area contributed by atoms with Gasteiger partial charge in [-0.1, -0.05) is 25.4 Å². The van der Waals surface area contributed by atoms with E-state index in [1.165, 1.54) is 0 Å². The zero-order chi connectivity index (χ0) is 10.9. The molecule has 78 valence electrons. The Kier molecular flexibility index (Phi) is 3.45. The van der Waals surface area contributed by atoms with Crippen molar-refractivity contribution in [3.05, 3.63) is 27.2 Å². The fraction of sp³-hybridized carbons (Fsp3) is 0.400. The highest BCUT2D eigenvalue weighted by atomic mass is 79.9. The van der Waals surface area contributed by atoms with Crippen LogP contribution in [0.15, 0.2) is 16.6 Å². The lowest BCUT2D eigenvalue weighted by atomic mass is 9.84. The second-order valence-corrected chi connectivity index (χ2v) is 5.16. The summed E-state index contributed by atoms with van der Waals surface area (Å²) in [5.74, 6) is 0.213. The smallest absolute Gasteiger partial charge is 0.133 e. The molecule has 3 N–H and O–H groups in total. The fourth-order valence-electron chi connectivity index (χ4n) is 1.19. The van der Waals surface area contributed by atoms with Crippen LogP contribution in [0, 0.1) is 0 Å². The maximum atomic E-state index is 9.83. The third kappa shape index (κ3) is 2.22. The maximum absolute atomic E-state index is 9.83. The summed E-state index contributed by atoms with van der Waals surface area (Å²) in [6, 6.07) is 3.40. The molecule has 14 heavy (non-hydrogen) atoms.